The maximum absolute atomic E-state index is 13.1. The van der Waals surface area contributed by atoms with E-state index in [1.807, 2.05) is 24.0 Å². The van der Waals surface area contributed by atoms with E-state index in [9.17, 15) is 9.59 Å². The minimum Gasteiger partial charge on any atom is -0.468 e. The number of carbonyl (C=O) groups is 2. The van der Waals surface area contributed by atoms with Crippen molar-refractivity contribution in [2.24, 2.45) is 0 Å². The smallest absolute Gasteiger partial charge is 0.327 e. The number of hydrogen-bond acceptors (Lipinski definition) is 6. The highest BCUT2D eigenvalue weighted by Gasteiger charge is 2.33. The number of ether oxygens (including phenoxy) is 1. The lowest BCUT2D eigenvalue weighted by Gasteiger charge is -2.38. The van der Waals surface area contributed by atoms with E-state index in [0.717, 1.165) is 40.4 Å². The molecule has 8 heteroatoms. The molecule has 162 valence electrons. The molecule has 30 heavy (non-hydrogen) atoms. The van der Waals surface area contributed by atoms with Gasteiger partial charge in [-0.1, -0.05) is 37.1 Å². The molecule has 0 radical (unpaired) electrons. The summed E-state index contributed by atoms with van der Waals surface area (Å²) in [6, 6.07) is 6.74. The van der Waals surface area contributed by atoms with Gasteiger partial charge in [-0.25, -0.2) is 9.78 Å². The van der Waals surface area contributed by atoms with E-state index in [2.05, 4.69) is 16.8 Å². The Labute approximate surface area is 186 Å². The summed E-state index contributed by atoms with van der Waals surface area (Å²) in [6.45, 7) is 6.35. The predicted octanol–water partition coefficient (Wildman–Crippen LogP) is 4.12. The fourth-order valence-corrected chi connectivity index (χ4v) is 4.87. The van der Waals surface area contributed by atoms with Crippen LogP contribution in [0.15, 0.2) is 24.3 Å². The Balaban J connectivity index is 1.68. The van der Waals surface area contributed by atoms with Crippen LogP contribution in [0.25, 0.3) is 0 Å². The van der Waals surface area contributed by atoms with E-state index < -0.39 is 6.04 Å². The van der Waals surface area contributed by atoms with Gasteiger partial charge in [0.1, 0.15) is 10.9 Å². The summed E-state index contributed by atoms with van der Waals surface area (Å²) in [5.74, 6) is -0.274. The first-order valence-corrected chi connectivity index (χ1v) is 11.5. The molecule has 1 fully saturated rings. The van der Waals surface area contributed by atoms with Gasteiger partial charge in [0.25, 0.3) is 5.91 Å². The highest BCUT2D eigenvalue weighted by atomic mass is 35.5. The van der Waals surface area contributed by atoms with Gasteiger partial charge in [-0.3, -0.25) is 9.69 Å². The molecule has 0 saturated carbocycles. The minimum absolute atomic E-state index is 0.0357. The molecular formula is C22H28ClN3O3S. The SMILES string of the molecule is CCCCc1nc(C)c(C(=O)N2CCN([C@H](C(=O)OC)c3ccc(Cl)cc3)CC2)s1. The Kier molecular flexibility index (Phi) is 7.86. The number of rotatable bonds is 7. The number of nitrogens with zero attached hydrogens (tertiary/aromatic N) is 3. The molecule has 0 unspecified atom stereocenters. The summed E-state index contributed by atoms with van der Waals surface area (Å²) >= 11 is 7.50. The van der Waals surface area contributed by atoms with Crippen LogP contribution >= 0.6 is 22.9 Å². The molecule has 1 aliphatic rings. The molecule has 6 nitrogen and oxygen atoms in total. The van der Waals surface area contributed by atoms with E-state index in [1.165, 1.54) is 18.4 Å². The van der Waals surface area contributed by atoms with Crippen LogP contribution in [0.5, 0.6) is 0 Å². The Morgan fingerprint density at radius 2 is 1.87 bits per heavy atom. The number of thiazole rings is 1. The van der Waals surface area contributed by atoms with E-state index >= 15 is 0 Å². The van der Waals surface area contributed by atoms with Gasteiger partial charge in [0.15, 0.2) is 0 Å². The third-order valence-corrected chi connectivity index (χ3v) is 6.81. The molecule has 1 aromatic heterocycles. The number of aryl methyl sites for hydroxylation is 2. The maximum atomic E-state index is 13.1. The second-order valence-electron chi connectivity index (χ2n) is 7.43. The van der Waals surface area contributed by atoms with Gasteiger partial charge in [-0.15, -0.1) is 11.3 Å². The lowest BCUT2D eigenvalue weighted by atomic mass is 10.0. The summed E-state index contributed by atoms with van der Waals surface area (Å²) in [5.41, 5.74) is 1.65. The van der Waals surface area contributed by atoms with E-state index in [1.54, 1.807) is 12.1 Å². The van der Waals surface area contributed by atoms with Crippen LogP contribution in [0.1, 0.15) is 51.7 Å². The number of halogens is 1. The molecule has 1 aromatic carbocycles. The molecule has 2 heterocycles. The Hall–Kier alpha value is -1.96. The van der Waals surface area contributed by atoms with Crippen molar-refractivity contribution in [1.29, 1.82) is 0 Å². The quantitative estimate of drug-likeness (QED) is 0.595. The molecule has 1 aliphatic heterocycles. The van der Waals surface area contributed by atoms with Crippen LogP contribution in [0, 0.1) is 6.92 Å². The first-order chi connectivity index (χ1) is 14.4. The van der Waals surface area contributed by atoms with Gasteiger partial charge in [0, 0.05) is 31.2 Å². The van der Waals surface area contributed by atoms with E-state index in [4.69, 9.17) is 16.3 Å². The zero-order valence-corrected chi connectivity index (χ0v) is 19.3. The summed E-state index contributed by atoms with van der Waals surface area (Å²) in [6.07, 6.45) is 3.11. The van der Waals surface area contributed by atoms with Crippen LogP contribution in [0.2, 0.25) is 5.02 Å². The van der Waals surface area contributed by atoms with Crippen molar-refractivity contribution in [2.75, 3.05) is 33.3 Å². The fraction of sp³-hybridized carbons (Fsp3) is 0.500. The third kappa shape index (κ3) is 5.20. The lowest BCUT2D eigenvalue weighted by molar-refractivity contribution is -0.148. The number of methoxy groups -OCH3 is 1. The monoisotopic (exact) mass is 449 g/mol. The average molecular weight is 450 g/mol. The molecule has 0 N–H and O–H groups in total. The van der Waals surface area contributed by atoms with Crippen molar-refractivity contribution in [3.8, 4) is 0 Å². The van der Waals surface area contributed by atoms with Crippen LogP contribution in [-0.2, 0) is 16.0 Å². The van der Waals surface area contributed by atoms with Crippen molar-refractivity contribution in [3.63, 3.8) is 0 Å². The Bertz CT molecular complexity index is 876. The topological polar surface area (TPSA) is 62.7 Å². The number of carbonyl (C=O) groups excluding carboxylic acids is 2. The van der Waals surface area contributed by atoms with Crippen LogP contribution in [0.3, 0.4) is 0 Å². The van der Waals surface area contributed by atoms with Gasteiger partial charge in [0.05, 0.1) is 17.8 Å². The summed E-state index contributed by atoms with van der Waals surface area (Å²) in [7, 11) is 1.40. The van der Waals surface area contributed by atoms with Gasteiger partial charge < -0.3 is 9.64 Å². The standard InChI is InChI=1S/C22H28ClN3O3S/c1-4-5-6-18-24-15(2)20(30-18)21(27)26-13-11-25(12-14-26)19(22(28)29-3)16-7-9-17(23)10-8-16/h7-10,19H,4-6,11-14H2,1-3H3/t19-/m0/s1. The molecule has 1 saturated heterocycles. The third-order valence-electron chi connectivity index (χ3n) is 5.36. The van der Waals surface area contributed by atoms with Crippen molar-refractivity contribution in [3.05, 3.63) is 50.4 Å². The van der Waals surface area contributed by atoms with Crippen molar-refractivity contribution < 1.29 is 14.3 Å². The second kappa shape index (κ2) is 10.4. The van der Waals surface area contributed by atoms with Crippen LogP contribution in [-0.4, -0.2) is 59.9 Å². The number of unbranched alkanes of at least 4 members (excludes halogenated alkanes) is 1. The van der Waals surface area contributed by atoms with Crippen molar-refractivity contribution >= 4 is 34.8 Å². The van der Waals surface area contributed by atoms with Gasteiger partial charge >= 0.3 is 5.97 Å². The zero-order chi connectivity index (χ0) is 21.7. The summed E-state index contributed by atoms with van der Waals surface area (Å²) < 4.78 is 5.04. The Morgan fingerprint density at radius 1 is 1.20 bits per heavy atom. The number of aromatic nitrogens is 1. The summed E-state index contributed by atoms with van der Waals surface area (Å²) in [5, 5.41) is 1.65. The Morgan fingerprint density at radius 3 is 2.47 bits per heavy atom. The number of esters is 1. The number of amides is 1. The highest BCUT2D eigenvalue weighted by molar-refractivity contribution is 7.13. The molecule has 2 aromatic rings. The predicted molar refractivity (Wildman–Crippen MR) is 119 cm³/mol. The minimum atomic E-state index is -0.504. The largest absolute Gasteiger partial charge is 0.468 e. The first kappa shape index (κ1) is 22.7. The summed E-state index contributed by atoms with van der Waals surface area (Å²) in [4.78, 5) is 34.8. The van der Waals surface area contributed by atoms with Gasteiger partial charge in [0.2, 0.25) is 0 Å². The molecule has 0 spiro atoms. The van der Waals surface area contributed by atoms with Gasteiger partial charge in [-0.2, -0.15) is 0 Å². The normalized spacial score (nSPS) is 15.8. The van der Waals surface area contributed by atoms with Crippen molar-refractivity contribution in [2.45, 2.75) is 39.2 Å². The zero-order valence-electron chi connectivity index (χ0n) is 17.7. The van der Waals surface area contributed by atoms with E-state index in [-0.39, 0.29) is 11.9 Å². The maximum Gasteiger partial charge on any atom is 0.327 e. The van der Waals surface area contributed by atoms with Gasteiger partial charge in [-0.05, 0) is 37.5 Å². The average Bonchev–Trinajstić information content (AvgIpc) is 3.14. The molecule has 1 amide bonds. The molecule has 1 atom stereocenters. The number of benzene rings is 1. The van der Waals surface area contributed by atoms with Crippen LogP contribution in [0.4, 0.5) is 0 Å². The molecular weight excluding hydrogens is 422 g/mol. The fourth-order valence-electron chi connectivity index (χ4n) is 3.67. The second-order valence-corrected chi connectivity index (χ2v) is 8.95. The van der Waals surface area contributed by atoms with Crippen molar-refractivity contribution in [1.82, 2.24) is 14.8 Å². The number of piperazine rings is 1. The molecule has 0 bridgehead atoms. The van der Waals surface area contributed by atoms with Crippen LogP contribution < -0.4 is 0 Å². The van der Waals surface area contributed by atoms with E-state index in [0.29, 0.717) is 31.2 Å². The highest BCUT2D eigenvalue weighted by Crippen LogP contribution is 2.27. The first-order valence-electron chi connectivity index (χ1n) is 10.3. The molecule has 0 aliphatic carbocycles. The molecule has 3 rings (SSSR count). The number of hydrogen-bond donors (Lipinski definition) is 0. The lowest BCUT2D eigenvalue weighted by Crippen LogP contribution is -2.51.